The monoisotopic (exact) mass is 157 g/mol. The fourth-order valence-electron chi connectivity index (χ4n) is 2.00. The molecule has 1 rings (SSSR count). The molecule has 0 aliphatic heterocycles. The van der Waals surface area contributed by atoms with E-state index in [-0.39, 0.29) is 12.6 Å². The highest BCUT2D eigenvalue weighted by Gasteiger charge is 2.35. The largest absolute Gasteiger partial charge is 0.395 e. The van der Waals surface area contributed by atoms with Gasteiger partial charge in [0.1, 0.15) is 0 Å². The molecular weight excluding hydrogens is 138 g/mol. The summed E-state index contributed by atoms with van der Waals surface area (Å²) in [6, 6.07) is 0.00949. The third-order valence-corrected chi connectivity index (χ3v) is 3.09. The van der Waals surface area contributed by atoms with E-state index < -0.39 is 0 Å². The third-order valence-electron chi connectivity index (χ3n) is 3.09. The quantitative estimate of drug-likeness (QED) is 0.645. The first-order valence-electron chi connectivity index (χ1n) is 4.59. The van der Waals surface area contributed by atoms with Crippen LogP contribution in [-0.2, 0) is 0 Å². The molecular formula is C9H19NO. The maximum Gasteiger partial charge on any atom is 0.0582 e. The topological polar surface area (TPSA) is 46.2 Å². The molecule has 1 aliphatic rings. The molecule has 11 heavy (non-hydrogen) atoms. The number of nitrogens with two attached hydrogens (primary N) is 1. The van der Waals surface area contributed by atoms with E-state index in [1.807, 2.05) is 0 Å². The Balaban J connectivity index is 2.32. The van der Waals surface area contributed by atoms with Gasteiger partial charge in [-0.1, -0.05) is 19.8 Å². The Bertz CT molecular complexity index is 115. The van der Waals surface area contributed by atoms with Crippen LogP contribution in [0.25, 0.3) is 0 Å². The summed E-state index contributed by atoms with van der Waals surface area (Å²) >= 11 is 0. The molecule has 0 heterocycles. The van der Waals surface area contributed by atoms with E-state index in [2.05, 4.69) is 6.92 Å². The fourth-order valence-corrected chi connectivity index (χ4v) is 2.00. The van der Waals surface area contributed by atoms with Gasteiger partial charge in [-0.2, -0.15) is 0 Å². The summed E-state index contributed by atoms with van der Waals surface area (Å²) in [6.45, 7) is 2.37. The highest BCUT2D eigenvalue weighted by molar-refractivity contribution is 4.89. The molecule has 0 amide bonds. The van der Waals surface area contributed by atoms with Gasteiger partial charge in [-0.25, -0.2) is 0 Å². The number of aliphatic hydroxyl groups is 1. The lowest BCUT2D eigenvalue weighted by Crippen LogP contribution is -2.38. The predicted octanol–water partition coefficient (Wildman–Crippen LogP) is 1.28. The van der Waals surface area contributed by atoms with Crippen molar-refractivity contribution in [2.45, 2.75) is 45.1 Å². The van der Waals surface area contributed by atoms with E-state index in [0.29, 0.717) is 5.41 Å². The lowest BCUT2D eigenvalue weighted by atomic mass is 9.64. The second-order valence-electron chi connectivity index (χ2n) is 3.85. The molecule has 0 saturated heterocycles. The summed E-state index contributed by atoms with van der Waals surface area (Å²) in [4.78, 5) is 0. The minimum Gasteiger partial charge on any atom is -0.395 e. The zero-order valence-corrected chi connectivity index (χ0v) is 7.34. The molecule has 2 nitrogen and oxygen atoms in total. The van der Waals surface area contributed by atoms with Crippen LogP contribution in [0.2, 0.25) is 0 Å². The van der Waals surface area contributed by atoms with Gasteiger partial charge in [0, 0.05) is 6.04 Å². The minimum absolute atomic E-state index is 0.00949. The molecule has 1 saturated carbocycles. The zero-order chi connectivity index (χ0) is 8.32. The first-order chi connectivity index (χ1) is 5.22. The van der Waals surface area contributed by atoms with Gasteiger partial charge in [-0.3, -0.25) is 0 Å². The molecule has 2 heteroatoms. The lowest BCUT2D eigenvalue weighted by molar-refractivity contribution is 0.0893. The summed E-state index contributed by atoms with van der Waals surface area (Å²) in [7, 11) is 0. The van der Waals surface area contributed by atoms with E-state index in [0.717, 1.165) is 6.42 Å². The molecule has 0 aromatic rings. The Kier molecular flexibility index (Phi) is 2.90. The van der Waals surface area contributed by atoms with E-state index >= 15 is 0 Å². The van der Waals surface area contributed by atoms with Crippen molar-refractivity contribution >= 4 is 0 Å². The molecule has 0 radical (unpaired) electrons. The maximum atomic E-state index is 8.79. The van der Waals surface area contributed by atoms with Crippen molar-refractivity contribution in [3.05, 3.63) is 0 Å². The molecule has 3 N–H and O–H groups in total. The Morgan fingerprint density at radius 3 is 2.45 bits per heavy atom. The number of hydrogen-bond donors (Lipinski definition) is 2. The van der Waals surface area contributed by atoms with Gasteiger partial charge in [0.2, 0.25) is 0 Å². The highest BCUT2D eigenvalue weighted by Crippen LogP contribution is 2.47. The SMILES string of the molecule is CCC1(CC(N)CO)CCC1. The molecule has 0 aromatic heterocycles. The summed E-state index contributed by atoms with van der Waals surface area (Å²) in [5.41, 5.74) is 6.20. The van der Waals surface area contributed by atoms with Crippen molar-refractivity contribution < 1.29 is 5.11 Å². The molecule has 1 fully saturated rings. The van der Waals surface area contributed by atoms with Gasteiger partial charge in [0.25, 0.3) is 0 Å². The van der Waals surface area contributed by atoms with E-state index in [1.54, 1.807) is 0 Å². The molecule has 66 valence electrons. The Labute approximate surface area is 68.8 Å². The zero-order valence-electron chi connectivity index (χ0n) is 7.34. The molecule has 0 bridgehead atoms. The summed E-state index contributed by atoms with van der Waals surface area (Å²) in [5.74, 6) is 0. The summed E-state index contributed by atoms with van der Waals surface area (Å²) < 4.78 is 0. The van der Waals surface area contributed by atoms with Crippen LogP contribution in [0.3, 0.4) is 0 Å². The van der Waals surface area contributed by atoms with E-state index in [9.17, 15) is 0 Å². The van der Waals surface area contributed by atoms with Crippen molar-refractivity contribution in [3.8, 4) is 0 Å². The Hall–Kier alpha value is -0.0800. The predicted molar refractivity (Wildman–Crippen MR) is 46.3 cm³/mol. The smallest absolute Gasteiger partial charge is 0.0582 e. The van der Waals surface area contributed by atoms with Crippen molar-refractivity contribution in [3.63, 3.8) is 0 Å². The van der Waals surface area contributed by atoms with Crippen LogP contribution in [0.5, 0.6) is 0 Å². The summed E-state index contributed by atoms with van der Waals surface area (Å²) in [6.07, 6.45) is 6.22. The first kappa shape index (κ1) is 9.01. The second-order valence-corrected chi connectivity index (χ2v) is 3.85. The minimum atomic E-state index is 0.00949. The second kappa shape index (κ2) is 3.55. The van der Waals surface area contributed by atoms with Crippen LogP contribution < -0.4 is 5.73 Å². The van der Waals surface area contributed by atoms with Crippen molar-refractivity contribution in [1.82, 2.24) is 0 Å². The molecule has 1 atom stereocenters. The van der Waals surface area contributed by atoms with Crippen LogP contribution in [0.4, 0.5) is 0 Å². The van der Waals surface area contributed by atoms with Crippen molar-refractivity contribution in [2.75, 3.05) is 6.61 Å². The van der Waals surface area contributed by atoms with Crippen LogP contribution in [0, 0.1) is 5.41 Å². The molecule has 0 aromatic carbocycles. The molecule has 0 spiro atoms. The summed E-state index contributed by atoms with van der Waals surface area (Å²) in [5, 5.41) is 8.79. The van der Waals surface area contributed by atoms with Gasteiger partial charge in [-0.15, -0.1) is 0 Å². The lowest BCUT2D eigenvalue weighted by Gasteiger charge is -2.42. The molecule has 1 unspecified atom stereocenters. The number of aliphatic hydroxyl groups excluding tert-OH is 1. The van der Waals surface area contributed by atoms with Gasteiger partial charge in [-0.05, 0) is 24.7 Å². The maximum absolute atomic E-state index is 8.79. The molecule has 1 aliphatic carbocycles. The number of rotatable bonds is 4. The average Bonchev–Trinajstić information content (AvgIpc) is 1.96. The van der Waals surface area contributed by atoms with Crippen LogP contribution in [0.1, 0.15) is 39.0 Å². The van der Waals surface area contributed by atoms with E-state index in [1.165, 1.54) is 25.7 Å². The normalized spacial score (nSPS) is 24.3. The first-order valence-corrected chi connectivity index (χ1v) is 4.59. The van der Waals surface area contributed by atoms with Crippen LogP contribution >= 0.6 is 0 Å². The van der Waals surface area contributed by atoms with Crippen molar-refractivity contribution in [1.29, 1.82) is 0 Å². The van der Waals surface area contributed by atoms with E-state index in [4.69, 9.17) is 10.8 Å². The van der Waals surface area contributed by atoms with Gasteiger partial charge >= 0.3 is 0 Å². The standard InChI is InChI=1S/C9H19NO/c1-2-9(4-3-5-9)6-8(10)7-11/h8,11H,2-7,10H2,1H3. The Morgan fingerprint density at radius 1 is 1.55 bits per heavy atom. The fraction of sp³-hybridized carbons (Fsp3) is 1.00. The Morgan fingerprint density at radius 2 is 2.18 bits per heavy atom. The number of hydrogen-bond acceptors (Lipinski definition) is 2. The average molecular weight is 157 g/mol. The van der Waals surface area contributed by atoms with Crippen LogP contribution in [-0.4, -0.2) is 17.8 Å². The van der Waals surface area contributed by atoms with Crippen LogP contribution in [0.15, 0.2) is 0 Å². The van der Waals surface area contributed by atoms with Gasteiger partial charge in [0.05, 0.1) is 6.61 Å². The van der Waals surface area contributed by atoms with Gasteiger partial charge < -0.3 is 10.8 Å². The van der Waals surface area contributed by atoms with Crippen molar-refractivity contribution in [2.24, 2.45) is 11.1 Å². The third kappa shape index (κ3) is 1.94. The highest BCUT2D eigenvalue weighted by atomic mass is 16.3. The van der Waals surface area contributed by atoms with Gasteiger partial charge in [0.15, 0.2) is 0 Å².